The number of hydrogen-bond donors (Lipinski definition) is 2. The lowest BCUT2D eigenvalue weighted by Gasteiger charge is -2.36. The minimum atomic E-state index is -0.0572. The first-order chi connectivity index (χ1) is 15.6. The average Bonchev–Trinajstić information content (AvgIpc) is 3.18. The summed E-state index contributed by atoms with van der Waals surface area (Å²) in [4.78, 5) is 17.6. The van der Waals surface area contributed by atoms with E-state index in [1.807, 2.05) is 18.2 Å². The van der Waals surface area contributed by atoms with Crippen LogP contribution in [0.15, 0.2) is 72.8 Å². The highest BCUT2D eigenvalue weighted by Gasteiger charge is 2.31. The molecule has 0 fully saturated rings. The third kappa shape index (κ3) is 3.87. The SMILES string of the molecule is COc1cccc([C@@H]2c3[nH]c4ccccc4c3CCN2Cc2ccc(NC(C)=O)cc2)c1. The molecule has 1 aliphatic rings. The van der Waals surface area contributed by atoms with Crippen molar-refractivity contribution < 1.29 is 9.53 Å². The summed E-state index contributed by atoms with van der Waals surface area (Å²) in [6, 6.07) is 25.2. The standard InChI is InChI=1S/C27H27N3O2/c1-18(31)28-21-12-10-19(11-13-21)17-30-15-14-24-23-8-3-4-9-25(23)29-26(24)27(30)20-6-5-7-22(16-20)32-2/h3-13,16,27,29H,14-15,17H2,1-2H3,(H,28,31)/t27-/m1/s1. The van der Waals surface area contributed by atoms with Crippen molar-refractivity contribution in [3.63, 3.8) is 0 Å². The third-order valence-corrected chi connectivity index (χ3v) is 6.20. The van der Waals surface area contributed by atoms with E-state index in [1.54, 1.807) is 7.11 Å². The number of hydrogen-bond acceptors (Lipinski definition) is 3. The first-order valence-corrected chi connectivity index (χ1v) is 11.0. The number of aromatic amines is 1. The van der Waals surface area contributed by atoms with Gasteiger partial charge in [-0.2, -0.15) is 0 Å². The van der Waals surface area contributed by atoms with Crippen LogP contribution in [-0.4, -0.2) is 29.4 Å². The Balaban J connectivity index is 1.53. The van der Waals surface area contributed by atoms with Crippen LogP contribution in [0.4, 0.5) is 5.69 Å². The van der Waals surface area contributed by atoms with Crippen molar-refractivity contribution in [2.24, 2.45) is 0 Å². The van der Waals surface area contributed by atoms with Gasteiger partial charge in [0.05, 0.1) is 13.2 Å². The van der Waals surface area contributed by atoms with Gasteiger partial charge in [-0.1, -0.05) is 42.5 Å². The quantitative estimate of drug-likeness (QED) is 0.457. The van der Waals surface area contributed by atoms with Gasteiger partial charge in [0.25, 0.3) is 0 Å². The number of anilines is 1. The lowest BCUT2D eigenvalue weighted by molar-refractivity contribution is -0.114. The zero-order valence-corrected chi connectivity index (χ0v) is 18.4. The zero-order valence-electron chi connectivity index (χ0n) is 18.4. The van der Waals surface area contributed by atoms with Gasteiger partial charge < -0.3 is 15.0 Å². The van der Waals surface area contributed by atoms with E-state index in [0.29, 0.717) is 0 Å². The molecule has 0 saturated carbocycles. The normalized spacial score (nSPS) is 16.0. The number of H-pyrrole nitrogens is 1. The van der Waals surface area contributed by atoms with E-state index in [1.165, 1.54) is 40.2 Å². The Morgan fingerprint density at radius 3 is 2.69 bits per heavy atom. The fourth-order valence-electron chi connectivity index (χ4n) is 4.78. The molecule has 0 bridgehead atoms. The molecule has 0 radical (unpaired) electrons. The van der Waals surface area contributed by atoms with Gasteiger partial charge in [0.1, 0.15) is 5.75 Å². The predicted molar refractivity (Wildman–Crippen MR) is 128 cm³/mol. The van der Waals surface area contributed by atoms with Crippen molar-refractivity contribution in [2.45, 2.75) is 25.9 Å². The van der Waals surface area contributed by atoms with Gasteiger partial charge in [-0.25, -0.2) is 0 Å². The Morgan fingerprint density at radius 1 is 1.09 bits per heavy atom. The number of carbonyl (C=O) groups excluding carboxylic acids is 1. The van der Waals surface area contributed by atoms with Crippen LogP contribution in [0.5, 0.6) is 5.75 Å². The Labute approximate surface area is 188 Å². The van der Waals surface area contributed by atoms with Gasteiger partial charge in [-0.15, -0.1) is 0 Å². The predicted octanol–water partition coefficient (Wildman–Crippen LogP) is 5.28. The summed E-state index contributed by atoms with van der Waals surface area (Å²) < 4.78 is 5.53. The number of carbonyl (C=O) groups is 1. The molecule has 1 aromatic heterocycles. The highest BCUT2D eigenvalue weighted by atomic mass is 16.5. The summed E-state index contributed by atoms with van der Waals surface area (Å²) in [5.41, 5.74) is 7.11. The molecule has 162 valence electrons. The van der Waals surface area contributed by atoms with E-state index in [0.717, 1.165) is 30.9 Å². The highest BCUT2D eigenvalue weighted by molar-refractivity contribution is 5.88. The molecular weight excluding hydrogens is 398 g/mol. The number of nitrogens with one attached hydrogen (secondary N) is 2. The van der Waals surface area contributed by atoms with Crippen molar-refractivity contribution in [3.8, 4) is 5.75 Å². The number of aromatic nitrogens is 1. The van der Waals surface area contributed by atoms with Gasteiger partial charge in [-0.05, 0) is 53.4 Å². The Kier molecular flexibility index (Phi) is 5.41. The molecule has 0 unspecified atom stereocenters. The van der Waals surface area contributed by atoms with Crippen LogP contribution in [-0.2, 0) is 17.8 Å². The lowest BCUT2D eigenvalue weighted by atomic mass is 9.92. The highest BCUT2D eigenvalue weighted by Crippen LogP contribution is 2.39. The van der Waals surface area contributed by atoms with Crippen molar-refractivity contribution >= 4 is 22.5 Å². The van der Waals surface area contributed by atoms with Crippen LogP contribution in [0.2, 0.25) is 0 Å². The van der Waals surface area contributed by atoms with Crippen molar-refractivity contribution in [3.05, 3.63) is 95.2 Å². The zero-order chi connectivity index (χ0) is 22.1. The minimum Gasteiger partial charge on any atom is -0.497 e. The molecule has 5 nitrogen and oxygen atoms in total. The molecule has 5 heteroatoms. The molecule has 32 heavy (non-hydrogen) atoms. The maximum atomic E-state index is 11.3. The van der Waals surface area contributed by atoms with Crippen LogP contribution in [0.25, 0.3) is 10.9 Å². The fourth-order valence-corrected chi connectivity index (χ4v) is 4.78. The summed E-state index contributed by atoms with van der Waals surface area (Å²) in [5.74, 6) is 0.809. The second-order valence-corrected chi connectivity index (χ2v) is 8.34. The molecule has 2 N–H and O–H groups in total. The smallest absolute Gasteiger partial charge is 0.221 e. The molecule has 4 aromatic rings. The molecule has 1 amide bonds. The second kappa shape index (κ2) is 8.52. The molecule has 2 heterocycles. The Bertz CT molecular complexity index is 1260. The molecule has 1 atom stereocenters. The average molecular weight is 426 g/mol. The van der Waals surface area contributed by atoms with Crippen LogP contribution < -0.4 is 10.1 Å². The van der Waals surface area contributed by atoms with E-state index in [-0.39, 0.29) is 11.9 Å². The van der Waals surface area contributed by atoms with Crippen molar-refractivity contribution in [1.82, 2.24) is 9.88 Å². The number of fused-ring (bicyclic) bond motifs is 3. The van der Waals surface area contributed by atoms with Gasteiger partial charge in [0, 0.05) is 42.3 Å². The van der Waals surface area contributed by atoms with Crippen LogP contribution in [0.1, 0.15) is 35.3 Å². The van der Waals surface area contributed by atoms with Crippen molar-refractivity contribution in [1.29, 1.82) is 0 Å². The number of nitrogens with zero attached hydrogens (tertiary/aromatic N) is 1. The summed E-state index contributed by atoms with van der Waals surface area (Å²) in [6.07, 6.45) is 1.00. The minimum absolute atomic E-state index is 0.0572. The lowest BCUT2D eigenvalue weighted by Crippen LogP contribution is -2.35. The summed E-state index contributed by atoms with van der Waals surface area (Å²) in [6.45, 7) is 3.31. The maximum Gasteiger partial charge on any atom is 0.221 e. The first kappa shape index (κ1) is 20.3. The Hall–Kier alpha value is -3.57. The fraction of sp³-hybridized carbons (Fsp3) is 0.222. The van der Waals surface area contributed by atoms with Gasteiger partial charge in [-0.3, -0.25) is 9.69 Å². The third-order valence-electron chi connectivity index (χ3n) is 6.20. The van der Waals surface area contributed by atoms with Gasteiger partial charge >= 0.3 is 0 Å². The monoisotopic (exact) mass is 425 g/mol. The first-order valence-electron chi connectivity index (χ1n) is 11.0. The second-order valence-electron chi connectivity index (χ2n) is 8.34. The van der Waals surface area contributed by atoms with Gasteiger partial charge in [0.2, 0.25) is 5.91 Å². The molecule has 0 aliphatic carbocycles. The number of rotatable bonds is 5. The maximum absolute atomic E-state index is 11.3. The number of ether oxygens (including phenoxy) is 1. The molecule has 5 rings (SSSR count). The largest absolute Gasteiger partial charge is 0.497 e. The van der Waals surface area contributed by atoms with Crippen LogP contribution in [0, 0.1) is 0 Å². The van der Waals surface area contributed by atoms with Gasteiger partial charge in [0.15, 0.2) is 0 Å². The van der Waals surface area contributed by atoms with E-state index in [4.69, 9.17) is 4.74 Å². The van der Waals surface area contributed by atoms with E-state index in [9.17, 15) is 4.79 Å². The molecule has 0 saturated heterocycles. The van der Waals surface area contributed by atoms with E-state index < -0.39 is 0 Å². The topological polar surface area (TPSA) is 57.4 Å². The number of para-hydroxylation sites is 1. The van der Waals surface area contributed by atoms with Crippen LogP contribution in [0.3, 0.4) is 0 Å². The van der Waals surface area contributed by atoms with E-state index in [2.05, 4.69) is 69.8 Å². The van der Waals surface area contributed by atoms with E-state index >= 15 is 0 Å². The Morgan fingerprint density at radius 2 is 1.91 bits per heavy atom. The summed E-state index contributed by atoms with van der Waals surface area (Å²) >= 11 is 0. The molecule has 0 spiro atoms. The summed E-state index contributed by atoms with van der Waals surface area (Å²) in [5, 5.41) is 4.15. The number of methoxy groups -OCH3 is 1. The summed E-state index contributed by atoms with van der Waals surface area (Å²) in [7, 11) is 1.71. The molecule has 3 aromatic carbocycles. The van der Waals surface area contributed by atoms with Crippen molar-refractivity contribution in [2.75, 3.05) is 19.0 Å². The number of amides is 1. The number of benzene rings is 3. The molecule has 1 aliphatic heterocycles. The van der Waals surface area contributed by atoms with Crippen LogP contribution >= 0.6 is 0 Å². The molecular formula is C27H27N3O2.